The van der Waals surface area contributed by atoms with Crippen molar-refractivity contribution in [3.63, 3.8) is 0 Å². The number of benzene rings is 1. The van der Waals surface area contributed by atoms with Crippen molar-refractivity contribution >= 4 is 33.5 Å². The first kappa shape index (κ1) is 16.4. The van der Waals surface area contributed by atoms with Gasteiger partial charge in [0, 0.05) is 16.9 Å². The van der Waals surface area contributed by atoms with E-state index in [1.807, 2.05) is 0 Å². The Balaban J connectivity index is 3.07. The van der Waals surface area contributed by atoms with Crippen LogP contribution in [0.4, 0.5) is 22.0 Å². The zero-order valence-electron chi connectivity index (χ0n) is 9.31. The molecular weight excluding hydrogens is 355 g/mol. The van der Waals surface area contributed by atoms with Gasteiger partial charge in [0.1, 0.15) is 5.78 Å². The van der Waals surface area contributed by atoms with Gasteiger partial charge in [0.15, 0.2) is 0 Å². The van der Waals surface area contributed by atoms with Gasteiger partial charge in [0.05, 0.1) is 5.33 Å². The summed E-state index contributed by atoms with van der Waals surface area (Å²) in [5.41, 5.74) is -4.93. The summed E-state index contributed by atoms with van der Waals surface area (Å²) in [7, 11) is 0. The normalized spacial score (nSPS) is 11.9. The van der Waals surface area contributed by atoms with Crippen LogP contribution in [0.5, 0.6) is 0 Å². The minimum absolute atomic E-state index is 0.0215. The maximum absolute atomic E-state index is 12.6. The molecule has 0 spiro atoms. The van der Waals surface area contributed by atoms with Crippen LogP contribution in [-0.2, 0) is 11.2 Å². The fourth-order valence-corrected chi connectivity index (χ4v) is 2.25. The van der Waals surface area contributed by atoms with E-state index in [1.54, 1.807) is 0 Å². The van der Waals surface area contributed by atoms with Crippen molar-refractivity contribution in [2.75, 3.05) is 5.33 Å². The summed E-state index contributed by atoms with van der Waals surface area (Å²) in [4.78, 5) is 10.9. The fourth-order valence-electron chi connectivity index (χ4n) is 1.38. The summed E-state index contributed by atoms with van der Waals surface area (Å²) < 4.78 is 61.9. The van der Waals surface area contributed by atoms with Crippen LogP contribution in [0.1, 0.15) is 17.6 Å². The topological polar surface area (TPSA) is 17.1 Å². The lowest BCUT2D eigenvalue weighted by molar-refractivity contribution is -0.115. The molecule has 106 valence electrons. The molecule has 0 aromatic heterocycles. The molecule has 0 radical (unpaired) electrons. The number of ketones is 1. The molecule has 0 bridgehead atoms. The van der Waals surface area contributed by atoms with E-state index in [0.29, 0.717) is 0 Å². The predicted octanol–water partition coefficient (Wildman–Crippen LogP) is 4.74. The molecule has 0 fully saturated rings. The van der Waals surface area contributed by atoms with Crippen LogP contribution in [0, 0.1) is 0 Å². The number of halogens is 6. The summed E-state index contributed by atoms with van der Waals surface area (Å²) in [6, 6.07) is 2.93. The highest BCUT2D eigenvalue weighted by molar-refractivity contribution is 9.09. The lowest BCUT2D eigenvalue weighted by Crippen LogP contribution is -2.05. The van der Waals surface area contributed by atoms with Crippen molar-refractivity contribution in [3.05, 3.63) is 29.3 Å². The maximum atomic E-state index is 12.6. The number of rotatable bonds is 5. The number of hydrogen-bond acceptors (Lipinski definition) is 2. The molecule has 8 heteroatoms. The van der Waals surface area contributed by atoms with E-state index in [-0.39, 0.29) is 28.0 Å². The first-order valence-electron chi connectivity index (χ1n) is 4.96. The second-order valence-electron chi connectivity index (χ2n) is 3.61. The van der Waals surface area contributed by atoms with Gasteiger partial charge in [-0.15, -0.1) is 0 Å². The van der Waals surface area contributed by atoms with Crippen LogP contribution >= 0.6 is 27.7 Å². The third-order valence-corrected chi connectivity index (χ3v) is 3.35. The first-order valence-corrected chi connectivity index (χ1v) is 6.90. The van der Waals surface area contributed by atoms with Gasteiger partial charge in [-0.1, -0.05) is 15.9 Å². The molecule has 0 heterocycles. The Labute approximate surface area is 118 Å². The summed E-state index contributed by atoms with van der Waals surface area (Å²) in [6.07, 6.45) is -3.07. The fraction of sp³-hybridized carbons (Fsp3) is 0.364. The molecule has 1 aromatic rings. The molecule has 0 atom stereocenters. The average Bonchev–Trinajstić information content (AvgIpc) is 2.25. The maximum Gasteiger partial charge on any atom is 0.446 e. The Hall–Kier alpha value is -0.630. The van der Waals surface area contributed by atoms with Crippen molar-refractivity contribution in [1.29, 1.82) is 0 Å². The summed E-state index contributed by atoms with van der Waals surface area (Å²) in [5.74, 6) is -0.297. The number of alkyl halides is 6. The summed E-state index contributed by atoms with van der Waals surface area (Å²) in [6.45, 7) is 0. The lowest BCUT2D eigenvalue weighted by atomic mass is 10.1. The molecule has 0 N–H and O–H groups in total. The zero-order valence-corrected chi connectivity index (χ0v) is 11.7. The third-order valence-electron chi connectivity index (χ3n) is 2.02. The minimum Gasteiger partial charge on any atom is -0.298 e. The number of hydrogen-bond donors (Lipinski definition) is 0. The molecule has 0 aliphatic heterocycles. The number of Topliss-reactive ketones (excluding diaryl/α,β-unsaturated/α-hetero) is 1. The summed E-state index contributed by atoms with van der Waals surface area (Å²) >= 11 is 2.43. The Morgan fingerprint density at radius 2 is 1.89 bits per heavy atom. The van der Waals surface area contributed by atoms with Gasteiger partial charge < -0.3 is 0 Å². The molecule has 0 aliphatic carbocycles. The highest BCUT2D eigenvalue weighted by Gasteiger charge is 2.30. The first-order chi connectivity index (χ1) is 8.71. The molecular formula is C11H8BrF5OS. The van der Waals surface area contributed by atoms with Crippen molar-refractivity contribution in [1.82, 2.24) is 0 Å². The van der Waals surface area contributed by atoms with Crippen molar-refractivity contribution in [2.45, 2.75) is 23.3 Å². The van der Waals surface area contributed by atoms with Crippen LogP contribution in [0.2, 0.25) is 0 Å². The lowest BCUT2D eigenvalue weighted by Gasteiger charge is -2.10. The van der Waals surface area contributed by atoms with Crippen LogP contribution in [0.3, 0.4) is 0 Å². The van der Waals surface area contributed by atoms with E-state index in [0.717, 1.165) is 18.2 Å². The Kier molecular flexibility index (Phi) is 5.79. The van der Waals surface area contributed by atoms with Crippen LogP contribution in [0.25, 0.3) is 0 Å². The summed E-state index contributed by atoms with van der Waals surface area (Å²) in [5, 5.41) is 0.0215. The average molecular weight is 363 g/mol. The zero-order chi connectivity index (χ0) is 14.6. The Morgan fingerprint density at radius 1 is 1.26 bits per heavy atom. The van der Waals surface area contributed by atoms with Crippen molar-refractivity contribution in [2.24, 2.45) is 0 Å². The predicted molar refractivity (Wildman–Crippen MR) is 65.8 cm³/mol. The molecule has 1 nitrogen and oxygen atoms in total. The van der Waals surface area contributed by atoms with Gasteiger partial charge in [0.2, 0.25) is 0 Å². The van der Waals surface area contributed by atoms with E-state index in [4.69, 9.17) is 0 Å². The Bertz CT molecular complexity index is 461. The van der Waals surface area contributed by atoms with Crippen LogP contribution < -0.4 is 0 Å². The number of carbonyl (C=O) groups is 1. The van der Waals surface area contributed by atoms with Gasteiger partial charge in [-0.05, 0) is 35.5 Å². The molecule has 1 aromatic carbocycles. The van der Waals surface area contributed by atoms with E-state index >= 15 is 0 Å². The standard InChI is InChI=1S/C11H8BrF5OS/c12-5-8(18)2-6-1-7(10(13)14)4-9(3-6)19-11(15,16)17/h1,3-4,10H,2,5H2. The smallest absolute Gasteiger partial charge is 0.298 e. The molecule has 1 rings (SSSR count). The highest BCUT2D eigenvalue weighted by Crippen LogP contribution is 2.38. The molecule has 0 unspecified atom stereocenters. The highest BCUT2D eigenvalue weighted by atomic mass is 79.9. The van der Waals surface area contributed by atoms with E-state index in [1.165, 1.54) is 0 Å². The molecule has 0 aliphatic rings. The van der Waals surface area contributed by atoms with Crippen molar-refractivity contribution < 1.29 is 26.7 Å². The second kappa shape index (κ2) is 6.69. The van der Waals surface area contributed by atoms with Gasteiger partial charge in [-0.25, -0.2) is 8.78 Å². The Morgan fingerprint density at radius 3 is 2.37 bits per heavy atom. The second-order valence-corrected chi connectivity index (χ2v) is 5.31. The third kappa shape index (κ3) is 5.90. The van der Waals surface area contributed by atoms with Crippen LogP contribution in [-0.4, -0.2) is 16.6 Å². The molecule has 0 saturated heterocycles. The van der Waals surface area contributed by atoms with E-state index < -0.39 is 29.3 Å². The van der Waals surface area contributed by atoms with Crippen molar-refractivity contribution in [3.8, 4) is 0 Å². The minimum atomic E-state index is -4.56. The quantitative estimate of drug-likeness (QED) is 0.427. The van der Waals surface area contributed by atoms with Gasteiger partial charge in [-0.2, -0.15) is 13.2 Å². The van der Waals surface area contributed by atoms with E-state index in [2.05, 4.69) is 15.9 Å². The number of carbonyl (C=O) groups excluding carboxylic acids is 1. The van der Waals surface area contributed by atoms with Gasteiger partial charge in [0.25, 0.3) is 6.43 Å². The van der Waals surface area contributed by atoms with Crippen LogP contribution in [0.15, 0.2) is 23.1 Å². The van der Waals surface area contributed by atoms with Gasteiger partial charge >= 0.3 is 5.51 Å². The monoisotopic (exact) mass is 362 g/mol. The molecule has 0 amide bonds. The number of thioether (sulfide) groups is 1. The largest absolute Gasteiger partial charge is 0.446 e. The molecule has 19 heavy (non-hydrogen) atoms. The SMILES string of the molecule is O=C(CBr)Cc1cc(SC(F)(F)F)cc(C(F)F)c1. The van der Waals surface area contributed by atoms with Gasteiger partial charge in [-0.3, -0.25) is 4.79 Å². The molecule has 0 saturated carbocycles. The van der Waals surface area contributed by atoms with E-state index in [9.17, 15) is 26.7 Å².